The number of hydrogen-bond acceptors (Lipinski definition) is 3. The fourth-order valence-electron chi connectivity index (χ4n) is 3.71. The molecular formula is C23H16Cl2N4O. The van der Waals surface area contributed by atoms with Gasteiger partial charge >= 0.3 is 0 Å². The highest BCUT2D eigenvalue weighted by Crippen LogP contribution is 2.29. The highest BCUT2D eigenvalue weighted by Gasteiger charge is 2.16. The Morgan fingerprint density at radius 3 is 2.53 bits per heavy atom. The van der Waals surface area contributed by atoms with E-state index < -0.39 is 0 Å². The Bertz CT molecular complexity index is 1470. The van der Waals surface area contributed by atoms with E-state index in [9.17, 15) is 4.79 Å². The summed E-state index contributed by atoms with van der Waals surface area (Å²) >= 11 is 12.3. The van der Waals surface area contributed by atoms with Gasteiger partial charge in [-0.25, -0.2) is 9.50 Å². The van der Waals surface area contributed by atoms with Crippen molar-refractivity contribution in [1.82, 2.24) is 19.2 Å². The average molecular weight is 435 g/mol. The van der Waals surface area contributed by atoms with E-state index in [1.807, 2.05) is 61.5 Å². The lowest BCUT2D eigenvalue weighted by Gasteiger charge is -2.09. The van der Waals surface area contributed by atoms with Crippen LogP contribution in [-0.4, -0.2) is 19.2 Å². The van der Waals surface area contributed by atoms with Crippen LogP contribution in [0.5, 0.6) is 0 Å². The maximum atomic E-state index is 13.1. The maximum absolute atomic E-state index is 13.1. The molecule has 0 saturated carbocycles. The molecule has 0 unspecified atom stereocenters. The minimum Gasteiger partial charge on any atom is -0.310 e. The summed E-state index contributed by atoms with van der Waals surface area (Å²) in [7, 11) is 0. The molecule has 0 spiro atoms. The number of aryl methyl sites for hydroxylation is 1. The maximum Gasteiger partial charge on any atom is 0.261 e. The van der Waals surface area contributed by atoms with Gasteiger partial charge in [0, 0.05) is 28.0 Å². The van der Waals surface area contributed by atoms with Crippen molar-refractivity contribution in [2.24, 2.45) is 0 Å². The second-order valence-electron chi connectivity index (χ2n) is 7.10. The quantitative estimate of drug-likeness (QED) is 0.383. The largest absolute Gasteiger partial charge is 0.310 e. The molecule has 2 aromatic carbocycles. The molecule has 3 aromatic heterocycles. The van der Waals surface area contributed by atoms with Gasteiger partial charge in [0.15, 0.2) is 5.65 Å². The predicted octanol–water partition coefficient (Wildman–Crippen LogP) is 5.37. The molecule has 0 radical (unpaired) electrons. The number of fused-ring (bicyclic) bond motifs is 3. The van der Waals surface area contributed by atoms with Crippen LogP contribution in [0, 0.1) is 6.92 Å². The SMILES string of the molecule is Cc1nn2c(ncc3c(=O)n(Cc4ccccc4Cl)ccc32)c1-c1ccc(Cl)cc1. The third-order valence-corrected chi connectivity index (χ3v) is 5.81. The van der Waals surface area contributed by atoms with Crippen molar-refractivity contribution >= 4 is 39.8 Å². The summed E-state index contributed by atoms with van der Waals surface area (Å²) in [6, 6.07) is 17.0. The van der Waals surface area contributed by atoms with E-state index in [0.29, 0.717) is 33.1 Å². The van der Waals surface area contributed by atoms with Crippen LogP contribution in [0.2, 0.25) is 10.0 Å². The molecular weight excluding hydrogens is 419 g/mol. The molecule has 5 rings (SSSR count). The van der Waals surface area contributed by atoms with Gasteiger partial charge < -0.3 is 4.57 Å². The molecule has 3 heterocycles. The highest BCUT2D eigenvalue weighted by atomic mass is 35.5. The topological polar surface area (TPSA) is 52.2 Å². The summed E-state index contributed by atoms with van der Waals surface area (Å²) in [4.78, 5) is 17.7. The van der Waals surface area contributed by atoms with Crippen LogP contribution in [0.3, 0.4) is 0 Å². The molecule has 5 nitrogen and oxygen atoms in total. The van der Waals surface area contributed by atoms with Crippen molar-refractivity contribution in [3.63, 3.8) is 0 Å². The molecule has 7 heteroatoms. The molecule has 0 fully saturated rings. The average Bonchev–Trinajstić information content (AvgIpc) is 3.08. The lowest BCUT2D eigenvalue weighted by atomic mass is 10.1. The Balaban J connectivity index is 1.67. The van der Waals surface area contributed by atoms with Crippen molar-refractivity contribution in [1.29, 1.82) is 0 Å². The van der Waals surface area contributed by atoms with Crippen LogP contribution >= 0.6 is 23.2 Å². The summed E-state index contributed by atoms with van der Waals surface area (Å²) in [6.07, 6.45) is 3.39. The number of benzene rings is 2. The second kappa shape index (κ2) is 7.27. The smallest absolute Gasteiger partial charge is 0.261 e. The van der Waals surface area contributed by atoms with E-state index >= 15 is 0 Å². The first-order chi connectivity index (χ1) is 14.5. The summed E-state index contributed by atoms with van der Waals surface area (Å²) in [6.45, 7) is 2.32. The number of hydrogen-bond donors (Lipinski definition) is 0. The molecule has 148 valence electrons. The summed E-state index contributed by atoms with van der Waals surface area (Å²) < 4.78 is 3.36. The van der Waals surface area contributed by atoms with Crippen molar-refractivity contribution in [2.75, 3.05) is 0 Å². The first-order valence-electron chi connectivity index (χ1n) is 9.40. The molecule has 0 amide bonds. The minimum absolute atomic E-state index is 0.136. The van der Waals surface area contributed by atoms with Crippen molar-refractivity contribution < 1.29 is 0 Å². The van der Waals surface area contributed by atoms with Gasteiger partial charge in [0.2, 0.25) is 0 Å². The molecule has 0 saturated heterocycles. The Morgan fingerprint density at radius 2 is 1.77 bits per heavy atom. The van der Waals surface area contributed by atoms with Crippen molar-refractivity contribution in [2.45, 2.75) is 13.5 Å². The van der Waals surface area contributed by atoms with E-state index in [0.717, 1.165) is 22.4 Å². The second-order valence-corrected chi connectivity index (χ2v) is 7.94. The Labute approximate surface area is 182 Å². The van der Waals surface area contributed by atoms with Crippen LogP contribution in [0.4, 0.5) is 0 Å². The van der Waals surface area contributed by atoms with E-state index in [2.05, 4.69) is 10.1 Å². The third-order valence-electron chi connectivity index (χ3n) is 5.19. The molecule has 0 atom stereocenters. The third kappa shape index (κ3) is 3.07. The Kier molecular flexibility index (Phi) is 4.57. The normalized spacial score (nSPS) is 11.4. The molecule has 0 bridgehead atoms. The number of rotatable bonds is 3. The predicted molar refractivity (Wildman–Crippen MR) is 120 cm³/mol. The lowest BCUT2D eigenvalue weighted by Crippen LogP contribution is -2.21. The first-order valence-corrected chi connectivity index (χ1v) is 10.2. The van der Waals surface area contributed by atoms with Crippen LogP contribution in [-0.2, 0) is 6.54 Å². The zero-order chi connectivity index (χ0) is 20.8. The molecule has 0 N–H and O–H groups in total. The van der Waals surface area contributed by atoms with E-state index in [4.69, 9.17) is 23.2 Å². The fourth-order valence-corrected chi connectivity index (χ4v) is 4.03. The summed E-state index contributed by atoms with van der Waals surface area (Å²) in [5.74, 6) is 0. The van der Waals surface area contributed by atoms with Gasteiger partial charge in [-0.3, -0.25) is 4.79 Å². The molecule has 0 aliphatic heterocycles. The van der Waals surface area contributed by atoms with E-state index in [1.165, 1.54) is 0 Å². The van der Waals surface area contributed by atoms with Gasteiger partial charge in [0.25, 0.3) is 5.56 Å². The highest BCUT2D eigenvalue weighted by molar-refractivity contribution is 6.31. The van der Waals surface area contributed by atoms with Crippen molar-refractivity contribution in [3.8, 4) is 11.1 Å². The van der Waals surface area contributed by atoms with Gasteiger partial charge in [-0.15, -0.1) is 0 Å². The van der Waals surface area contributed by atoms with Gasteiger partial charge in [-0.1, -0.05) is 53.5 Å². The fraction of sp³-hybridized carbons (Fsp3) is 0.0870. The summed E-state index contributed by atoms with van der Waals surface area (Å²) in [5.41, 5.74) is 4.89. The van der Waals surface area contributed by atoms with E-state index in [-0.39, 0.29) is 5.56 Å². The van der Waals surface area contributed by atoms with Gasteiger partial charge in [-0.2, -0.15) is 5.10 Å². The molecule has 0 aliphatic carbocycles. The van der Waals surface area contributed by atoms with E-state index in [1.54, 1.807) is 21.5 Å². The zero-order valence-electron chi connectivity index (χ0n) is 16.0. The number of pyridine rings is 1. The number of aromatic nitrogens is 4. The summed E-state index contributed by atoms with van der Waals surface area (Å²) in [5, 5.41) is 6.47. The minimum atomic E-state index is -0.136. The lowest BCUT2D eigenvalue weighted by molar-refractivity contribution is 0.765. The monoisotopic (exact) mass is 434 g/mol. The van der Waals surface area contributed by atoms with Crippen LogP contribution in [0.15, 0.2) is 71.8 Å². The standard InChI is InChI=1S/C23H16Cl2N4O/c1-14-21(15-6-8-17(24)9-7-15)22-26-12-18-20(29(22)27-14)10-11-28(23(18)30)13-16-4-2-3-5-19(16)25/h2-12H,13H2,1H3. The van der Waals surface area contributed by atoms with Crippen LogP contribution in [0.1, 0.15) is 11.3 Å². The number of halogens is 2. The molecule has 0 aliphatic rings. The van der Waals surface area contributed by atoms with Crippen molar-refractivity contribution in [3.05, 3.63) is 98.6 Å². The Morgan fingerprint density at radius 1 is 1.00 bits per heavy atom. The van der Waals surface area contributed by atoms with Gasteiger partial charge in [0.1, 0.15) is 0 Å². The van der Waals surface area contributed by atoms with Crippen LogP contribution < -0.4 is 5.56 Å². The van der Waals surface area contributed by atoms with Crippen LogP contribution in [0.25, 0.3) is 27.7 Å². The van der Waals surface area contributed by atoms with Gasteiger partial charge in [0.05, 0.1) is 23.1 Å². The van der Waals surface area contributed by atoms with Gasteiger partial charge in [-0.05, 0) is 42.3 Å². The zero-order valence-corrected chi connectivity index (χ0v) is 17.5. The Hall–Kier alpha value is -3.15. The number of nitrogens with zero attached hydrogens (tertiary/aromatic N) is 4. The molecule has 5 aromatic rings. The molecule has 30 heavy (non-hydrogen) atoms. The first kappa shape index (κ1) is 18.9.